The first-order valence-corrected chi connectivity index (χ1v) is 7.90. The van der Waals surface area contributed by atoms with Crippen LogP contribution in [0.5, 0.6) is 0 Å². The zero-order valence-electron chi connectivity index (χ0n) is 11.8. The number of fused-ring (bicyclic) bond motifs is 1. The third kappa shape index (κ3) is 3.51. The van der Waals surface area contributed by atoms with Crippen LogP contribution in [0.2, 0.25) is 0 Å². The highest BCUT2D eigenvalue weighted by molar-refractivity contribution is 7.99. The van der Waals surface area contributed by atoms with Crippen molar-refractivity contribution in [2.45, 2.75) is 31.1 Å². The number of hydrogen-bond donors (Lipinski definition) is 2. The first kappa shape index (κ1) is 14.4. The topological polar surface area (TPSA) is 41.1 Å². The average molecular weight is 278 g/mol. The molecular formula is C15H22N2OS. The van der Waals surface area contributed by atoms with Gasteiger partial charge in [-0.05, 0) is 37.7 Å². The summed E-state index contributed by atoms with van der Waals surface area (Å²) in [5.41, 5.74) is 2.40. The average Bonchev–Trinajstić information content (AvgIpc) is 2.44. The van der Waals surface area contributed by atoms with Gasteiger partial charge in [-0.3, -0.25) is 4.79 Å². The molecule has 3 nitrogen and oxygen atoms in total. The highest BCUT2D eigenvalue weighted by Gasteiger charge is 2.27. The van der Waals surface area contributed by atoms with Gasteiger partial charge < -0.3 is 10.6 Å². The molecule has 0 radical (unpaired) electrons. The summed E-state index contributed by atoms with van der Waals surface area (Å²) in [4.78, 5) is 12.3. The number of carbonyl (C=O) groups excluding carboxylic acids is 1. The van der Waals surface area contributed by atoms with Crippen LogP contribution in [0.25, 0.3) is 0 Å². The van der Waals surface area contributed by atoms with E-state index in [4.69, 9.17) is 0 Å². The quantitative estimate of drug-likeness (QED) is 0.886. The minimum atomic E-state index is -0.206. The lowest BCUT2D eigenvalue weighted by Gasteiger charge is -2.28. The number of rotatable bonds is 4. The Morgan fingerprint density at radius 3 is 2.95 bits per heavy atom. The molecule has 4 heteroatoms. The van der Waals surface area contributed by atoms with E-state index in [0.717, 1.165) is 18.5 Å². The highest BCUT2D eigenvalue weighted by Crippen LogP contribution is 2.24. The Morgan fingerprint density at radius 1 is 1.47 bits per heavy atom. The van der Waals surface area contributed by atoms with Crippen molar-refractivity contribution in [2.24, 2.45) is 0 Å². The number of amides is 1. The fourth-order valence-electron chi connectivity index (χ4n) is 2.21. The minimum absolute atomic E-state index is 0.0733. The van der Waals surface area contributed by atoms with E-state index < -0.39 is 0 Å². The third-order valence-electron chi connectivity index (χ3n) is 3.61. The van der Waals surface area contributed by atoms with Crippen molar-refractivity contribution in [3.05, 3.63) is 35.4 Å². The number of carbonyl (C=O) groups is 1. The van der Waals surface area contributed by atoms with Gasteiger partial charge in [-0.1, -0.05) is 24.3 Å². The second-order valence-corrected chi connectivity index (χ2v) is 7.03. The maximum Gasteiger partial charge on any atom is 0.241 e. The predicted molar refractivity (Wildman–Crippen MR) is 81.5 cm³/mol. The molecule has 2 N–H and O–H groups in total. The molecular weight excluding hydrogens is 256 g/mol. The van der Waals surface area contributed by atoms with Crippen LogP contribution in [0.4, 0.5) is 0 Å². The van der Waals surface area contributed by atoms with Gasteiger partial charge in [0.05, 0.1) is 0 Å². The third-order valence-corrected chi connectivity index (χ3v) is 4.86. The van der Waals surface area contributed by atoms with Crippen LogP contribution in [-0.4, -0.2) is 30.0 Å². The summed E-state index contributed by atoms with van der Waals surface area (Å²) in [6.07, 6.45) is 3.07. The number of benzene rings is 1. The monoisotopic (exact) mass is 278 g/mol. The molecule has 0 saturated heterocycles. The first-order valence-electron chi connectivity index (χ1n) is 6.67. The van der Waals surface area contributed by atoms with Gasteiger partial charge in [0.2, 0.25) is 5.91 Å². The molecule has 2 rings (SSSR count). The molecule has 104 valence electrons. The van der Waals surface area contributed by atoms with Gasteiger partial charge in [0, 0.05) is 17.8 Å². The highest BCUT2D eigenvalue weighted by atomic mass is 32.2. The Hall–Kier alpha value is -1.00. The van der Waals surface area contributed by atoms with E-state index in [0.29, 0.717) is 6.54 Å². The molecule has 0 saturated carbocycles. The van der Waals surface area contributed by atoms with Crippen LogP contribution >= 0.6 is 11.8 Å². The van der Waals surface area contributed by atoms with Crippen molar-refractivity contribution >= 4 is 17.7 Å². The molecule has 1 amide bonds. The van der Waals surface area contributed by atoms with E-state index in [1.54, 1.807) is 11.8 Å². The van der Waals surface area contributed by atoms with Crippen LogP contribution in [0.3, 0.4) is 0 Å². The van der Waals surface area contributed by atoms with Crippen molar-refractivity contribution in [2.75, 3.05) is 19.3 Å². The SMILES string of the molecule is CSC(C)(C)CNC(=O)C1NCCc2ccccc21. The van der Waals surface area contributed by atoms with Crippen molar-refractivity contribution in [3.8, 4) is 0 Å². The molecule has 0 fully saturated rings. The van der Waals surface area contributed by atoms with E-state index in [1.807, 2.05) is 18.2 Å². The van der Waals surface area contributed by atoms with E-state index in [2.05, 4.69) is 36.8 Å². The molecule has 1 aliphatic rings. The van der Waals surface area contributed by atoms with Gasteiger partial charge in [-0.2, -0.15) is 11.8 Å². The Balaban J connectivity index is 2.05. The zero-order chi connectivity index (χ0) is 13.9. The fourth-order valence-corrected chi connectivity index (χ4v) is 2.43. The Kier molecular flexibility index (Phi) is 4.53. The summed E-state index contributed by atoms with van der Waals surface area (Å²) in [6, 6.07) is 7.99. The molecule has 19 heavy (non-hydrogen) atoms. The van der Waals surface area contributed by atoms with Gasteiger partial charge in [0.25, 0.3) is 0 Å². The lowest BCUT2D eigenvalue weighted by atomic mass is 9.94. The van der Waals surface area contributed by atoms with E-state index in [-0.39, 0.29) is 16.7 Å². The fraction of sp³-hybridized carbons (Fsp3) is 0.533. The zero-order valence-corrected chi connectivity index (χ0v) is 12.6. The van der Waals surface area contributed by atoms with E-state index in [1.165, 1.54) is 5.56 Å². The Bertz CT molecular complexity index is 459. The van der Waals surface area contributed by atoms with Gasteiger partial charge in [-0.15, -0.1) is 0 Å². The predicted octanol–water partition coefficient (Wildman–Crippen LogP) is 2.13. The maximum atomic E-state index is 12.3. The molecule has 1 heterocycles. The molecule has 0 aromatic heterocycles. The van der Waals surface area contributed by atoms with Crippen LogP contribution in [-0.2, 0) is 11.2 Å². The molecule has 1 aromatic rings. The van der Waals surface area contributed by atoms with Crippen molar-refractivity contribution in [3.63, 3.8) is 0 Å². The van der Waals surface area contributed by atoms with Crippen molar-refractivity contribution < 1.29 is 4.79 Å². The standard InChI is InChI=1S/C15H22N2OS/c1-15(2,19-3)10-17-14(18)13-12-7-5-4-6-11(12)8-9-16-13/h4-7,13,16H,8-10H2,1-3H3,(H,17,18). The molecule has 0 aliphatic carbocycles. The van der Waals surface area contributed by atoms with Crippen molar-refractivity contribution in [1.29, 1.82) is 0 Å². The van der Waals surface area contributed by atoms with E-state index >= 15 is 0 Å². The largest absolute Gasteiger partial charge is 0.353 e. The molecule has 1 aliphatic heterocycles. The van der Waals surface area contributed by atoms with Crippen LogP contribution in [0.15, 0.2) is 24.3 Å². The second kappa shape index (κ2) is 5.97. The van der Waals surface area contributed by atoms with Crippen LogP contribution in [0.1, 0.15) is 31.0 Å². The molecule has 1 aromatic carbocycles. The van der Waals surface area contributed by atoms with Gasteiger partial charge in [0.1, 0.15) is 6.04 Å². The summed E-state index contributed by atoms with van der Waals surface area (Å²) >= 11 is 1.77. The summed E-state index contributed by atoms with van der Waals surface area (Å²) in [5, 5.41) is 6.37. The van der Waals surface area contributed by atoms with Gasteiger partial charge >= 0.3 is 0 Å². The Labute approximate surface area is 119 Å². The van der Waals surface area contributed by atoms with Gasteiger partial charge in [0.15, 0.2) is 0 Å². The summed E-state index contributed by atoms with van der Waals surface area (Å²) in [7, 11) is 0. The summed E-state index contributed by atoms with van der Waals surface area (Å²) < 4.78 is 0.0733. The number of hydrogen-bond acceptors (Lipinski definition) is 3. The minimum Gasteiger partial charge on any atom is -0.353 e. The molecule has 1 unspecified atom stereocenters. The van der Waals surface area contributed by atoms with Crippen LogP contribution < -0.4 is 10.6 Å². The van der Waals surface area contributed by atoms with Crippen molar-refractivity contribution in [1.82, 2.24) is 10.6 Å². The van der Waals surface area contributed by atoms with Gasteiger partial charge in [-0.25, -0.2) is 0 Å². The van der Waals surface area contributed by atoms with Crippen LogP contribution in [0, 0.1) is 0 Å². The molecule has 0 bridgehead atoms. The number of nitrogens with one attached hydrogen (secondary N) is 2. The molecule has 0 spiro atoms. The maximum absolute atomic E-state index is 12.3. The second-order valence-electron chi connectivity index (χ2n) is 5.52. The van der Waals surface area contributed by atoms with E-state index in [9.17, 15) is 4.79 Å². The Morgan fingerprint density at radius 2 is 2.21 bits per heavy atom. The molecule has 1 atom stereocenters. The number of thioether (sulfide) groups is 1. The summed E-state index contributed by atoms with van der Waals surface area (Å²) in [6.45, 7) is 5.83. The smallest absolute Gasteiger partial charge is 0.241 e. The lowest BCUT2D eigenvalue weighted by molar-refractivity contribution is -0.123. The first-order chi connectivity index (χ1) is 9.03. The normalized spacial score (nSPS) is 18.8. The lowest BCUT2D eigenvalue weighted by Crippen LogP contribution is -2.44. The summed E-state index contributed by atoms with van der Waals surface area (Å²) in [5.74, 6) is 0.0780.